The molecule has 0 radical (unpaired) electrons. The number of benzene rings is 1. The average Bonchev–Trinajstić information content (AvgIpc) is 2.93. The molecule has 2 aliphatic rings. The van der Waals surface area contributed by atoms with Crippen LogP contribution in [0.2, 0.25) is 0 Å². The van der Waals surface area contributed by atoms with Gasteiger partial charge in [-0.3, -0.25) is 4.98 Å². The molecule has 1 aromatic carbocycles. The number of allylic oxidation sites excluding steroid dienone is 4. The second-order valence-electron chi connectivity index (χ2n) is 9.71. The number of β-amino-alcohol motifs (C(OH)–C–C–N with tert-alkyl or cyclic N) is 1. The van der Waals surface area contributed by atoms with Crippen molar-refractivity contribution in [1.29, 1.82) is 0 Å². The molecule has 4 N–H and O–H groups in total. The molecule has 1 aliphatic heterocycles. The molecule has 9 nitrogen and oxygen atoms in total. The topological polar surface area (TPSA) is 121 Å². The fourth-order valence-corrected chi connectivity index (χ4v) is 5.00. The van der Waals surface area contributed by atoms with E-state index in [0.29, 0.717) is 29.8 Å². The van der Waals surface area contributed by atoms with E-state index in [4.69, 9.17) is 15.0 Å². The number of nitrogens with one attached hydrogen (secondary N) is 3. The van der Waals surface area contributed by atoms with E-state index in [-0.39, 0.29) is 6.04 Å². The highest BCUT2D eigenvalue weighted by molar-refractivity contribution is 6.02. The first-order valence-corrected chi connectivity index (χ1v) is 13.0. The lowest BCUT2D eigenvalue weighted by atomic mass is 9.97. The maximum absolute atomic E-state index is 10.6. The summed E-state index contributed by atoms with van der Waals surface area (Å²) >= 11 is 0. The first-order chi connectivity index (χ1) is 19.2. The Morgan fingerprint density at radius 1 is 0.949 bits per heavy atom. The Morgan fingerprint density at radius 3 is 2.74 bits per heavy atom. The zero-order chi connectivity index (χ0) is 26.2. The van der Waals surface area contributed by atoms with Gasteiger partial charge in [-0.25, -0.2) is 19.9 Å². The maximum atomic E-state index is 10.6. The van der Waals surface area contributed by atoms with E-state index in [1.165, 1.54) is 0 Å². The van der Waals surface area contributed by atoms with Crippen molar-refractivity contribution in [2.75, 3.05) is 23.7 Å². The lowest BCUT2D eigenvalue weighted by Crippen LogP contribution is -2.47. The number of fused-ring (bicyclic) bond motifs is 2. The van der Waals surface area contributed by atoms with Gasteiger partial charge in [0.05, 0.1) is 34.8 Å². The van der Waals surface area contributed by atoms with Crippen LogP contribution in [0.3, 0.4) is 0 Å². The number of piperidine rings is 1. The van der Waals surface area contributed by atoms with Crippen LogP contribution >= 0.6 is 0 Å². The number of aromatic nitrogens is 5. The minimum Gasteiger partial charge on any atom is -0.390 e. The third kappa shape index (κ3) is 4.58. The van der Waals surface area contributed by atoms with Crippen LogP contribution in [0.15, 0.2) is 85.3 Å². The van der Waals surface area contributed by atoms with E-state index in [9.17, 15) is 5.11 Å². The van der Waals surface area contributed by atoms with Crippen molar-refractivity contribution in [2.24, 2.45) is 0 Å². The monoisotopic (exact) mass is 514 g/mol. The molecule has 0 unspecified atom stereocenters. The van der Waals surface area contributed by atoms with Crippen LogP contribution in [-0.4, -0.2) is 55.3 Å². The van der Waals surface area contributed by atoms with Crippen LogP contribution in [0.4, 0.5) is 17.5 Å². The molecule has 0 saturated carbocycles. The first-order valence-electron chi connectivity index (χ1n) is 13.0. The normalized spacial score (nSPS) is 18.5. The van der Waals surface area contributed by atoms with Crippen LogP contribution in [0.25, 0.3) is 38.8 Å². The molecule has 192 valence electrons. The highest BCUT2D eigenvalue weighted by atomic mass is 16.3. The highest BCUT2D eigenvalue weighted by Crippen LogP contribution is 2.34. The van der Waals surface area contributed by atoms with Crippen LogP contribution < -0.4 is 16.0 Å². The van der Waals surface area contributed by atoms with Gasteiger partial charge in [0.15, 0.2) is 5.82 Å². The van der Waals surface area contributed by atoms with E-state index in [0.717, 1.165) is 51.5 Å². The first kappa shape index (κ1) is 23.4. The van der Waals surface area contributed by atoms with Crippen molar-refractivity contribution >= 4 is 44.8 Å². The molecule has 5 aromatic rings. The van der Waals surface area contributed by atoms with Gasteiger partial charge in [0.1, 0.15) is 17.5 Å². The van der Waals surface area contributed by atoms with E-state index in [1.54, 1.807) is 12.4 Å². The molecule has 1 aliphatic carbocycles. The zero-order valence-electron chi connectivity index (χ0n) is 21.0. The number of hydrogen-bond donors (Lipinski definition) is 4. The summed E-state index contributed by atoms with van der Waals surface area (Å²) < 4.78 is 0. The van der Waals surface area contributed by atoms with Crippen molar-refractivity contribution in [3.8, 4) is 11.4 Å². The van der Waals surface area contributed by atoms with E-state index in [1.807, 2.05) is 60.8 Å². The van der Waals surface area contributed by atoms with Gasteiger partial charge in [0.2, 0.25) is 0 Å². The third-order valence-corrected chi connectivity index (χ3v) is 7.11. The number of aliphatic hydroxyl groups is 1. The van der Waals surface area contributed by atoms with Gasteiger partial charge >= 0.3 is 0 Å². The lowest BCUT2D eigenvalue weighted by molar-refractivity contribution is 0.128. The molecular weight excluding hydrogens is 488 g/mol. The third-order valence-electron chi connectivity index (χ3n) is 7.11. The number of rotatable bonds is 6. The number of pyridine rings is 3. The number of hydrogen-bond acceptors (Lipinski definition) is 9. The standard InChI is InChI=1S/C30H26N8O/c39-25-17-31-12-11-23(25)35-30-28-21(18-5-3-6-18)15-32-16-24(28)36-29(38-30)20-10-13-33-27(14-20)37-26-9-8-19-4-1-2-7-22(19)34-26/h1-10,13-16,23,25,31,39H,11-12,17H2,(H,33,34,37)(H,35,36,38)/t23-,25-/m1/s1. The average molecular weight is 515 g/mol. The van der Waals surface area contributed by atoms with E-state index >= 15 is 0 Å². The predicted octanol–water partition coefficient (Wildman–Crippen LogP) is 4.47. The molecule has 1 saturated heterocycles. The fourth-order valence-electron chi connectivity index (χ4n) is 5.00. The van der Waals surface area contributed by atoms with Crippen LogP contribution in [-0.2, 0) is 0 Å². The molecule has 2 atom stereocenters. The lowest BCUT2D eigenvalue weighted by Gasteiger charge is -2.30. The smallest absolute Gasteiger partial charge is 0.162 e. The summed E-state index contributed by atoms with van der Waals surface area (Å²) in [7, 11) is 0. The number of nitrogens with zero attached hydrogens (tertiary/aromatic N) is 5. The Bertz CT molecular complexity index is 1770. The summed E-state index contributed by atoms with van der Waals surface area (Å²) in [6, 6.07) is 15.6. The van der Waals surface area contributed by atoms with Gasteiger partial charge in [-0.15, -0.1) is 0 Å². The molecule has 9 heteroatoms. The van der Waals surface area contributed by atoms with Gasteiger partial charge in [0, 0.05) is 35.5 Å². The van der Waals surface area contributed by atoms with Gasteiger partial charge < -0.3 is 21.1 Å². The molecular formula is C30H26N8O. The van der Waals surface area contributed by atoms with Gasteiger partial charge in [-0.05, 0) is 48.9 Å². The van der Waals surface area contributed by atoms with Crippen molar-refractivity contribution in [3.05, 3.63) is 90.9 Å². The summed E-state index contributed by atoms with van der Waals surface area (Å²) in [5.74, 6) is 2.57. The molecule has 1 fully saturated rings. The van der Waals surface area contributed by atoms with Gasteiger partial charge in [-0.1, -0.05) is 36.4 Å². The largest absolute Gasteiger partial charge is 0.390 e. The van der Waals surface area contributed by atoms with Crippen LogP contribution in [0.5, 0.6) is 0 Å². The van der Waals surface area contributed by atoms with Crippen molar-refractivity contribution < 1.29 is 5.11 Å². The predicted molar refractivity (Wildman–Crippen MR) is 154 cm³/mol. The molecule has 0 spiro atoms. The summed E-state index contributed by atoms with van der Waals surface area (Å²) in [6.45, 7) is 1.37. The van der Waals surface area contributed by atoms with E-state index in [2.05, 4.69) is 38.1 Å². The SMILES string of the molecule is O[C@@H]1CNCC[C@H]1Nc1nc(-c2ccnc(Nc3ccc4ccccc4n3)c2)nc2cncc(C3=CC=C3)c12. The van der Waals surface area contributed by atoms with Crippen molar-refractivity contribution in [1.82, 2.24) is 30.2 Å². The summed E-state index contributed by atoms with van der Waals surface area (Å²) in [4.78, 5) is 23.5. The number of para-hydroxylation sites is 1. The van der Waals surface area contributed by atoms with Gasteiger partial charge in [0.25, 0.3) is 0 Å². The molecule has 5 heterocycles. The minimum absolute atomic E-state index is 0.127. The van der Waals surface area contributed by atoms with Crippen molar-refractivity contribution in [2.45, 2.75) is 18.6 Å². The van der Waals surface area contributed by atoms with Crippen LogP contribution in [0.1, 0.15) is 12.0 Å². The summed E-state index contributed by atoms with van der Waals surface area (Å²) in [5, 5.41) is 22.7. The maximum Gasteiger partial charge on any atom is 0.162 e. The molecule has 0 amide bonds. The van der Waals surface area contributed by atoms with E-state index < -0.39 is 6.10 Å². The molecule has 39 heavy (non-hydrogen) atoms. The van der Waals surface area contributed by atoms with Crippen molar-refractivity contribution in [3.63, 3.8) is 0 Å². The Kier molecular flexibility index (Phi) is 5.92. The highest BCUT2D eigenvalue weighted by Gasteiger charge is 2.25. The summed E-state index contributed by atoms with van der Waals surface area (Å²) in [5.41, 5.74) is 4.49. The second kappa shape index (κ2) is 9.86. The number of anilines is 3. The molecule has 7 rings (SSSR count). The Balaban J connectivity index is 1.28. The van der Waals surface area contributed by atoms with Crippen LogP contribution in [0, 0.1) is 0 Å². The Labute approximate surface area is 224 Å². The van der Waals surface area contributed by atoms with Gasteiger partial charge in [-0.2, -0.15) is 0 Å². The summed E-state index contributed by atoms with van der Waals surface area (Å²) in [6.07, 6.45) is 11.7. The Morgan fingerprint density at radius 2 is 1.87 bits per heavy atom. The quantitative estimate of drug-likeness (QED) is 0.260. The number of aliphatic hydroxyl groups excluding tert-OH is 1. The fraction of sp³-hybridized carbons (Fsp3) is 0.167. The molecule has 4 aromatic heterocycles. The minimum atomic E-state index is -0.522. The second-order valence-corrected chi connectivity index (χ2v) is 9.71. The molecule has 0 bridgehead atoms. The zero-order valence-corrected chi connectivity index (χ0v) is 21.0. The Hall–Kier alpha value is -4.73.